The summed E-state index contributed by atoms with van der Waals surface area (Å²) in [6, 6.07) is 13.9. The number of aryl methyl sites for hydroxylation is 1. The number of aromatic amines is 2. The van der Waals surface area contributed by atoms with Gasteiger partial charge in [-0.25, -0.2) is 4.79 Å². The van der Waals surface area contributed by atoms with Gasteiger partial charge in [0.15, 0.2) is 0 Å². The van der Waals surface area contributed by atoms with E-state index in [2.05, 4.69) is 56.1 Å². The molecule has 31 heavy (non-hydrogen) atoms. The minimum atomic E-state index is -0.263. The van der Waals surface area contributed by atoms with Gasteiger partial charge < -0.3 is 19.9 Å². The van der Waals surface area contributed by atoms with E-state index in [9.17, 15) is 9.59 Å². The fourth-order valence-corrected chi connectivity index (χ4v) is 4.69. The van der Waals surface area contributed by atoms with Crippen molar-refractivity contribution < 1.29 is 4.79 Å². The number of nitrogens with one attached hydrogen (secondary N) is 3. The van der Waals surface area contributed by atoms with Gasteiger partial charge in [-0.3, -0.25) is 9.69 Å². The van der Waals surface area contributed by atoms with Crippen LogP contribution in [-0.2, 0) is 20.0 Å². The topological polar surface area (TPSA) is 85.9 Å². The van der Waals surface area contributed by atoms with E-state index in [1.54, 1.807) is 18.2 Å². The quantitative estimate of drug-likeness (QED) is 0.422. The van der Waals surface area contributed by atoms with Crippen molar-refractivity contribution in [3.8, 4) is 0 Å². The lowest BCUT2D eigenvalue weighted by Crippen LogP contribution is -2.32. The van der Waals surface area contributed by atoms with Gasteiger partial charge in [-0.2, -0.15) is 0 Å². The molecule has 0 saturated heterocycles. The van der Waals surface area contributed by atoms with E-state index < -0.39 is 0 Å². The van der Waals surface area contributed by atoms with Gasteiger partial charge in [-0.05, 0) is 55.6 Å². The molecule has 0 fully saturated rings. The second kappa shape index (κ2) is 8.07. The predicted molar refractivity (Wildman–Crippen MR) is 122 cm³/mol. The number of fused-ring (bicyclic) bond motifs is 4. The summed E-state index contributed by atoms with van der Waals surface area (Å²) in [4.78, 5) is 31.6. The van der Waals surface area contributed by atoms with E-state index in [0.29, 0.717) is 23.1 Å². The SMILES string of the molecule is Cn1c2c(c3ccccc31)CCN(CCCCNC(=O)c1ccc3[nH]c(=O)[nH]c3c1)C2. The second-order valence-corrected chi connectivity index (χ2v) is 8.33. The van der Waals surface area contributed by atoms with Crippen LogP contribution in [0.25, 0.3) is 21.9 Å². The number of imidazole rings is 1. The summed E-state index contributed by atoms with van der Waals surface area (Å²) in [6.07, 6.45) is 3.08. The Bertz CT molecular complexity index is 1310. The number of rotatable bonds is 6. The summed E-state index contributed by atoms with van der Waals surface area (Å²) >= 11 is 0. The molecule has 1 aliphatic rings. The molecule has 3 N–H and O–H groups in total. The number of H-pyrrole nitrogens is 2. The summed E-state index contributed by atoms with van der Waals surface area (Å²) in [6.45, 7) is 3.76. The minimum Gasteiger partial charge on any atom is -0.352 e. The Morgan fingerprint density at radius 2 is 1.94 bits per heavy atom. The first kappa shape index (κ1) is 19.6. The van der Waals surface area contributed by atoms with Crippen molar-refractivity contribution >= 4 is 27.8 Å². The number of hydrogen-bond acceptors (Lipinski definition) is 3. The summed E-state index contributed by atoms with van der Waals surface area (Å²) in [5, 5.41) is 4.38. The third-order valence-electron chi connectivity index (χ3n) is 6.36. The van der Waals surface area contributed by atoms with Crippen molar-refractivity contribution in [2.45, 2.75) is 25.8 Å². The highest BCUT2D eigenvalue weighted by Gasteiger charge is 2.22. The number of para-hydroxylation sites is 1. The fourth-order valence-electron chi connectivity index (χ4n) is 4.69. The third-order valence-corrected chi connectivity index (χ3v) is 6.36. The molecule has 0 unspecified atom stereocenters. The Hall–Kier alpha value is -3.32. The maximum Gasteiger partial charge on any atom is 0.323 e. The van der Waals surface area contributed by atoms with Crippen LogP contribution in [0.2, 0.25) is 0 Å². The molecule has 1 amide bonds. The van der Waals surface area contributed by atoms with E-state index >= 15 is 0 Å². The lowest BCUT2D eigenvalue weighted by molar-refractivity contribution is 0.0952. The Balaban J connectivity index is 1.11. The van der Waals surface area contributed by atoms with Crippen LogP contribution >= 0.6 is 0 Å². The van der Waals surface area contributed by atoms with Gasteiger partial charge in [-0.1, -0.05) is 18.2 Å². The van der Waals surface area contributed by atoms with Crippen molar-refractivity contribution in [3.63, 3.8) is 0 Å². The lowest BCUT2D eigenvalue weighted by atomic mass is 10.0. The highest BCUT2D eigenvalue weighted by molar-refractivity contribution is 5.97. The highest BCUT2D eigenvalue weighted by Crippen LogP contribution is 2.29. The van der Waals surface area contributed by atoms with E-state index in [-0.39, 0.29) is 11.6 Å². The maximum atomic E-state index is 12.4. The number of benzene rings is 2. The Morgan fingerprint density at radius 3 is 2.84 bits per heavy atom. The molecule has 2 aromatic heterocycles. The third kappa shape index (κ3) is 3.77. The first-order chi connectivity index (χ1) is 15.1. The first-order valence-electron chi connectivity index (χ1n) is 10.9. The normalized spacial score (nSPS) is 14.2. The molecule has 2 aromatic carbocycles. The van der Waals surface area contributed by atoms with Crippen LogP contribution in [0.5, 0.6) is 0 Å². The standard InChI is InChI=1S/C24H27N5O2/c1-28-21-7-3-2-6-17(21)18-10-13-29(15-22(18)28)12-5-4-11-25-23(30)16-8-9-19-20(14-16)27-24(31)26-19/h2-3,6-9,14H,4-5,10-13,15H2,1H3,(H,25,30)(H2,26,27,31). The van der Waals surface area contributed by atoms with Crippen LogP contribution in [0.15, 0.2) is 47.3 Å². The molecule has 0 atom stereocenters. The van der Waals surface area contributed by atoms with Gasteiger partial charge in [0.05, 0.1) is 11.0 Å². The zero-order chi connectivity index (χ0) is 21.4. The van der Waals surface area contributed by atoms with E-state index in [0.717, 1.165) is 38.9 Å². The molecule has 7 nitrogen and oxygen atoms in total. The largest absolute Gasteiger partial charge is 0.352 e. The van der Waals surface area contributed by atoms with Crippen LogP contribution in [0.3, 0.4) is 0 Å². The average molecular weight is 418 g/mol. The molecule has 0 spiro atoms. The van der Waals surface area contributed by atoms with Crippen LogP contribution in [-0.4, -0.2) is 45.0 Å². The fraction of sp³-hybridized carbons (Fsp3) is 0.333. The summed E-state index contributed by atoms with van der Waals surface area (Å²) in [7, 11) is 2.17. The molecule has 7 heteroatoms. The van der Waals surface area contributed by atoms with Crippen molar-refractivity contribution in [2.75, 3.05) is 19.6 Å². The molecule has 0 radical (unpaired) electrons. The van der Waals surface area contributed by atoms with Crippen LogP contribution in [0.1, 0.15) is 34.5 Å². The van der Waals surface area contributed by atoms with Gasteiger partial charge in [0.25, 0.3) is 5.91 Å². The average Bonchev–Trinajstić information content (AvgIpc) is 3.29. The van der Waals surface area contributed by atoms with Crippen molar-refractivity contribution in [1.29, 1.82) is 0 Å². The molecular formula is C24H27N5O2. The number of aromatic nitrogens is 3. The molecule has 5 rings (SSSR count). The molecular weight excluding hydrogens is 390 g/mol. The predicted octanol–water partition coefficient (Wildman–Crippen LogP) is 2.92. The Labute approximate surface area is 180 Å². The lowest BCUT2D eigenvalue weighted by Gasteiger charge is -2.28. The van der Waals surface area contributed by atoms with Gasteiger partial charge in [0.2, 0.25) is 0 Å². The number of hydrogen-bond donors (Lipinski definition) is 3. The van der Waals surface area contributed by atoms with E-state index in [1.165, 1.54) is 22.2 Å². The molecule has 160 valence electrons. The molecule has 0 bridgehead atoms. The molecule has 3 heterocycles. The van der Waals surface area contributed by atoms with E-state index in [1.807, 2.05) is 0 Å². The van der Waals surface area contributed by atoms with Crippen LogP contribution in [0.4, 0.5) is 0 Å². The van der Waals surface area contributed by atoms with Gasteiger partial charge in [0, 0.05) is 48.8 Å². The van der Waals surface area contributed by atoms with Gasteiger partial charge >= 0.3 is 5.69 Å². The maximum absolute atomic E-state index is 12.4. The molecule has 1 aliphatic heterocycles. The van der Waals surface area contributed by atoms with Crippen molar-refractivity contribution in [3.05, 3.63) is 69.8 Å². The first-order valence-corrected chi connectivity index (χ1v) is 10.9. The summed E-state index contributed by atoms with van der Waals surface area (Å²) in [5.41, 5.74) is 5.90. The summed E-state index contributed by atoms with van der Waals surface area (Å²) < 4.78 is 2.34. The number of nitrogens with zero attached hydrogens (tertiary/aromatic N) is 2. The zero-order valence-electron chi connectivity index (χ0n) is 17.7. The highest BCUT2D eigenvalue weighted by atomic mass is 16.2. The number of carbonyl (C=O) groups excluding carboxylic acids is 1. The molecule has 4 aromatic rings. The molecule has 0 aliphatic carbocycles. The smallest absolute Gasteiger partial charge is 0.323 e. The Kier molecular flexibility index (Phi) is 5.11. The Morgan fingerprint density at radius 1 is 1.10 bits per heavy atom. The minimum absolute atomic E-state index is 0.109. The van der Waals surface area contributed by atoms with E-state index in [4.69, 9.17) is 0 Å². The van der Waals surface area contributed by atoms with Crippen molar-refractivity contribution in [1.82, 2.24) is 24.8 Å². The van der Waals surface area contributed by atoms with Crippen molar-refractivity contribution in [2.24, 2.45) is 7.05 Å². The number of unbranched alkanes of at least 4 members (excludes halogenated alkanes) is 1. The zero-order valence-corrected chi connectivity index (χ0v) is 17.7. The number of amides is 1. The van der Waals surface area contributed by atoms with Crippen LogP contribution < -0.4 is 11.0 Å². The van der Waals surface area contributed by atoms with Gasteiger partial charge in [-0.15, -0.1) is 0 Å². The summed E-state index contributed by atoms with van der Waals surface area (Å²) in [5.74, 6) is -0.109. The number of carbonyl (C=O) groups is 1. The monoisotopic (exact) mass is 417 g/mol. The van der Waals surface area contributed by atoms with Crippen LogP contribution in [0, 0.1) is 0 Å². The second-order valence-electron chi connectivity index (χ2n) is 8.33. The molecule has 0 saturated carbocycles. The van der Waals surface area contributed by atoms with Gasteiger partial charge in [0.1, 0.15) is 0 Å².